The maximum absolute atomic E-state index is 11.9. The zero-order valence-corrected chi connectivity index (χ0v) is 12.1. The third kappa shape index (κ3) is 5.46. The summed E-state index contributed by atoms with van der Waals surface area (Å²) in [5, 5.41) is 8.94. The minimum Gasteiger partial charge on any atom is -0.395 e. The largest absolute Gasteiger partial charge is 0.395 e. The monoisotopic (exact) mass is 256 g/mol. The number of nitrogens with zero attached hydrogens (tertiary/aromatic N) is 2. The summed E-state index contributed by atoms with van der Waals surface area (Å²) in [6.45, 7) is 12.0. The van der Waals surface area contributed by atoms with Gasteiger partial charge in [0.05, 0.1) is 6.61 Å². The molecular formula is C14H28N2O2. The summed E-state index contributed by atoms with van der Waals surface area (Å²) < 4.78 is 0. The first kappa shape index (κ1) is 15.6. The Kier molecular flexibility index (Phi) is 6.26. The van der Waals surface area contributed by atoms with Gasteiger partial charge in [0.1, 0.15) is 5.78 Å². The van der Waals surface area contributed by atoms with Gasteiger partial charge in [-0.3, -0.25) is 9.69 Å². The Labute approximate surface area is 111 Å². The molecule has 0 radical (unpaired) electrons. The van der Waals surface area contributed by atoms with Crippen molar-refractivity contribution in [2.24, 2.45) is 5.41 Å². The lowest BCUT2D eigenvalue weighted by Crippen LogP contribution is -2.34. The first-order valence-corrected chi connectivity index (χ1v) is 7.02. The number of carbonyl (C=O) groups is 1. The van der Waals surface area contributed by atoms with Gasteiger partial charge in [-0.1, -0.05) is 20.8 Å². The molecule has 1 aliphatic heterocycles. The second-order valence-electron chi connectivity index (χ2n) is 6.18. The molecule has 4 heteroatoms. The number of hydrogen-bond acceptors (Lipinski definition) is 4. The Morgan fingerprint density at radius 3 is 2.11 bits per heavy atom. The van der Waals surface area contributed by atoms with Gasteiger partial charge >= 0.3 is 0 Å². The number of hydrogen-bond donors (Lipinski definition) is 1. The van der Waals surface area contributed by atoms with Crippen LogP contribution < -0.4 is 0 Å². The number of carbonyl (C=O) groups excluding carboxylic acids is 1. The van der Waals surface area contributed by atoms with Crippen molar-refractivity contribution < 1.29 is 9.90 Å². The quantitative estimate of drug-likeness (QED) is 0.797. The third-order valence-electron chi connectivity index (χ3n) is 3.59. The van der Waals surface area contributed by atoms with Crippen LogP contribution in [0.25, 0.3) is 0 Å². The Morgan fingerprint density at radius 1 is 1.06 bits per heavy atom. The van der Waals surface area contributed by atoms with Gasteiger partial charge < -0.3 is 10.0 Å². The summed E-state index contributed by atoms with van der Waals surface area (Å²) in [4.78, 5) is 16.6. The number of Topliss-reactive ketones (excluding diaryl/α,β-unsaturated/α-hetero) is 1. The number of aliphatic hydroxyl groups is 1. The van der Waals surface area contributed by atoms with Crippen molar-refractivity contribution in [3.05, 3.63) is 0 Å². The summed E-state index contributed by atoms with van der Waals surface area (Å²) >= 11 is 0. The van der Waals surface area contributed by atoms with Crippen LogP contribution in [-0.4, -0.2) is 66.6 Å². The molecule has 106 valence electrons. The first-order valence-electron chi connectivity index (χ1n) is 7.02. The minimum absolute atomic E-state index is 0.214. The molecule has 0 spiro atoms. The van der Waals surface area contributed by atoms with E-state index in [-0.39, 0.29) is 12.0 Å². The second kappa shape index (κ2) is 7.22. The van der Waals surface area contributed by atoms with Crippen LogP contribution >= 0.6 is 0 Å². The summed E-state index contributed by atoms with van der Waals surface area (Å²) in [5.74, 6) is 0.346. The molecule has 0 aromatic heterocycles. The molecule has 1 heterocycles. The number of β-amino-alcohol motifs (C(OH)–C–C–N with tert-alkyl or cyclic N) is 1. The molecule has 1 N–H and O–H groups in total. The maximum Gasteiger partial charge on any atom is 0.139 e. The Morgan fingerprint density at radius 2 is 1.61 bits per heavy atom. The first-order chi connectivity index (χ1) is 8.43. The van der Waals surface area contributed by atoms with Crippen molar-refractivity contribution in [2.75, 3.05) is 45.9 Å². The topological polar surface area (TPSA) is 43.8 Å². The zero-order chi connectivity index (χ0) is 13.6. The number of rotatable bonds is 5. The predicted octanol–water partition coefficient (Wildman–Crippen LogP) is 0.992. The van der Waals surface area contributed by atoms with Crippen molar-refractivity contribution in [2.45, 2.75) is 33.6 Å². The molecule has 18 heavy (non-hydrogen) atoms. The molecule has 0 saturated carbocycles. The minimum atomic E-state index is -0.214. The average molecular weight is 256 g/mol. The van der Waals surface area contributed by atoms with E-state index in [2.05, 4.69) is 9.80 Å². The maximum atomic E-state index is 11.9. The summed E-state index contributed by atoms with van der Waals surface area (Å²) in [6.07, 6.45) is 1.78. The van der Waals surface area contributed by atoms with Crippen LogP contribution in [0.4, 0.5) is 0 Å². The molecule has 1 aliphatic rings. The molecule has 0 aromatic carbocycles. The number of ketones is 1. The van der Waals surface area contributed by atoms with Gasteiger partial charge in [-0.15, -0.1) is 0 Å². The molecule has 4 nitrogen and oxygen atoms in total. The SMILES string of the molecule is CC(C)(C)C(=O)CCN1CCCN(CCO)CC1. The van der Waals surface area contributed by atoms with Crippen LogP contribution in [0, 0.1) is 5.41 Å². The highest BCUT2D eigenvalue weighted by atomic mass is 16.3. The standard InChI is InChI=1S/C14H28N2O2/c1-14(2,3)13(18)5-8-15-6-4-7-16(10-9-15)11-12-17/h17H,4-12H2,1-3H3. The Hall–Kier alpha value is -0.450. The molecule has 0 amide bonds. The van der Waals surface area contributed by atoms with Crippen LogP contribution in [-0.2, 0) is 4.79 Å². The van der Waals surface area contributed by atoms with E-state index in [1.165, 1.54) is 0 Å². The van der Waals surface area contributed by atoms with Gasteiger partial charge in [0.25, 0.3) is 0 Å². The predicted molar refractivity (Wildman–Crippen MR) is 73.7 cm³/mol. The summed E-state index contributed by atoms with van der Waals surface area (Å²) in [6, 6.07) is 0. The van der Waals surface area contributed by atoms with Gasteiger partial charge in [0, 0.05) is 38.0 Å². The molecule has 0 atom stereocenters. The van der Waals surface area contributed by atoms with E-state index in [0.29, 0.717) is 12.2 Å². The van der Waals surface area contributed by atoms with E-state index < -0.39 is 0 Å². The van der Waals surface area contributed by atoms with Crippen molar-refractivity contribution in [3.8, 4) is 0 Å². The highest BCUT2D eigenvalue weighted by Gasteiger charge is 2.22. The summed E-state index contributed by atoms with van der Waals surface area (Å²) in [7, 11) is 0. The van der Waals surface area contributed by atoms with Crippen molar-refractivity contribution in [1.29, 1.82) is 0 Å². The Bertz CT molecular complexity index is 261. The Balaban J connectivity index is 2.29. The molecule has 0 aromatic rings. The molecule has 0 bridgehead atoms. The van der Waals surface area contributed by atoms with E-state index in [9.17, 15) is 4.79 Å². The lowest BCUT2D eigenvalue weighted by atomic mass is 9.89. The van der Waals surface area contributed by atoms with Crippen LogP contribution in [0.1, 0.15) is 33.6 Å². The van der Waals surface area contributed by atoms with Gasteiger partial charge in [0.15, 0.2) is 0 Å². The van der Waals surface area contributed by atoms with E-state index in [0.717, 1.165) is 45.7 Å². The van der Waals surface area contributed by atoms with Gasteiger partial charge in [-0.2, -0.15) is 0 Å². The van der Waals surface area contributed by atoms with Crippen molar-refractivity contribution in [3.63, 3.8) is 0 Å². The highest BCUT2D eigenvalue weighted by Crippen LogP contribution is 2.17. The van der Waals surface area contributed by atoms with Crippen LogP contribution in [0.5, 0.6) is 0 Å². The normalized spacial score (nSPS) is 19.8. The second-order valence-corrected chi connectivity index (χ2v) is 6.18. The van der Waals surface area contributed by atoms with Crippen LogP contribution in [0.2, 0.25) is 0 Å². The molecule has 1 rings (SSSR count). The van der Waals surface area contributed by atoms with E-state index in [1.807, 2.05) is 20.8 Å². The summed E-state index contributed by atoms with van der Waals surface area (Å²) in [5.41, 5.74) is -0.214. The van der Waals surface area contributed by atoms with E-state index in [4.69, 9.17) is 5.11 Å². The van der Waals surface area contributed by atoms with Gasteiger partial charge in [-0.25, -0.2) is 0 Å². The molecule has 0 aliphatic carbocycles. The van der Waals surface area contributed by atoms with Crippen molar-refractivity contribution >= 4 is 5.78 Å². The smallest absolute Gasteiger partial charge is 0.139 e. The fourth-order valence-electron chi connectivity index (χ4n) is 2.25. The lowest BCUT2D eigenvalue weighted by Gasteiger charge is -2.23. The van der Waals surface area contributed by atoms with Crippen molar-refractivity contribution in [1.82, 2.24) is 9.80 Å². The van der Waals surface area contributed by atoms with Crippen LogP contribution in [0.15, 0.2) is 0 Å². The van der Waals surface area contributed by atoms with Gasteiger partial charge in [-0.05, 0) is 19.5 Å². The number of aliphatic hydroxyl groups excluding tert-OH is 1. The average Bonchev–Trinajstić information content (AvgIpc) is 2.51. The van der Waals surface area contributed by atoms with E-state index >= 15 is 0 Å². The third-order valence-corrected chi connectivity index (χ3v) is 3.59. The molecule has 0 unspecified atom stereocenters. The fraction of sp³-hybridized carbons (Fsp3) is 0.929. The molecular weight excluding hydrogens is 228 g/mol. The lowest BCUT2D eigenvalue weighted by molar-refractivity contribution is -0.126. The zero-order valence-electron chi connectivity index (χ0n) is 12.1. The van der Waals surface area contributed by atoms with E-state index in [1.54, 1.807) is 0 Å². The van der Waals surface area contributed by atoms with Gasteiger partial charge in [0.2, 0.25) is 0 Å². The highest BCUT2D eigenvalue weighted by molar-refractivity contribution is 5.83. The van der Waals surface area contributed by atoms with Crippen LogP contribution in [0.3, 0.4) is 0 Å². The molecule has 1 fully saturated rings. The fourth-order valence-corrected chi connectivity index (χ4v) is 2.25. The molecule has 1 saturated heterocycles.